The second kappa shape index (κ2) is 5.93. The number of benzene rings is 1. The van der Waals surface area contributed by atoms with E-state index in [9.17, 15) is 0 Å². The zero-order valence-electron chi connectivity index (χ0n) is 11.5. The summed E-state index contributed by atoms with van der Waals surface area (Å²) in [6.07, 6.45) is 4.51. The van der Waals surface area contributed by atoms with Crippen molar-refractivity contribution < 1.29 is 5.11 Å². The third-order valence-corrected chi connectivity index (χ3v) is 4.56. The highest BCUT2D eigenvalue weighted by molar-refractivity contribution is 5.47. The van der Waals surface area contributed by atoms with Crippen LogP contribution in [-0.4, -0.2) is 42.3 Å². The van der Waals surface area contributed by atoms with Crippen LogP contribution in [0.15, 0.2) is 24.3 Å². The average Bonchev–Trinajstić information content (AvgIpc) is 2.47. The van der Waals surface area contributed by atoms with Gasteiger partial charge in [0.15, 0.2) is 0 Å². The van der Waals surface area contributed by atoms with Gasteiger partial charge in [0.2, 0.25) is 0 Å². The number of aryl methyl sites for hydroxylation is 1. The molecule has 1 aromatic carbocycles. The minimum atomic E-state index is 0.275. The lowest BCUT2D eigenvalue weighted by Gasteiger charge is -2.45. The first-order chi connectivity index (χ1) is 9.35. The van der Waals surface area contributed by atoms with Crippen LogP contribution in [0.4, 0.5) is 5.69 Å². The summed E-state index contributed by atoms with van der Waals surface area (Å²) in [5.41, 5.74) is 2.56. The van der Waals surface area contributed by atoms with Gasteiger partial charge < -0.3 is 15.3 Å². The van der Waals surface area contributed by atoms with E-state index in [2.05, 4.69) is 34.5 Å². The zero-order valence-corrected chi connectivity index (χ0v) is 11.5. The lowest BCUT2D eigenvalue weighted by Crippen LogP contribution is -2.53. The quantitative estimate of drug-likeness (QED) is 0.851. The van der Waals surface area contributed by atoms with Crippen molar-refractivity contribution in [1.29, 1.82) is 0 Å². The number of hydrogen-bond acceptors (Lipinski definition) is 3. The Morgan fingerprint density at radius 2 is 2.11 bits per heavy atom. The van der Waals surface area contributed by atoms with Crippen molar-refractivity contribution >= 4 is 5.69 Å². The summed E-state index contributed by atoms with van der Waals surface area (Å²) in [5.74, 6) is 0.853. The highest BCUT2D eigenvalue weighted by Crippen LogP contribution is 2.29. The molecule has 0 aliphatic carbocycles. The Bertz CT molecular complexity index is 413. The summed E-state index contributed by atoms with van der Waals surface area (Å²) in [7, 11) is 0. The predicted octanol–water partition coefficient (Wildman–Crippen LogP) is 2.12. The second-order valence-corrected chi connectivity index (χ2v) is 5.92. The number of aliphatic hydroxyl groups excluding tert-OH is 1. The smallest absolute Gasteiger partial charge is 0.0434 e. The van der Waals surface area contributed by atoms with Gasteiger partial charge in [-0.25, -0.2) is 0 Å². The fourth-order valence-corrected chi connectivity index (χ4v) is 3.44. The lowest BCUT2D eigenvalue weighted by molar-refractivity contribution is 0.0975. The first kappa shape index (κ1) is 12.9. The van der Waals surface area contributed by atoms with Crippen LogP contribution in [0.2, 0.25) is 0 Å². The highest BCUT2D eigenvalue weighted by atomic mass is 16.2. The van der Waals surface area contributed by atoms with Crippen molar-refractivity contribution in [1.82, 2.24) is 4.90 Å². The van der Waals surface area contributed by atoms with Gasteiger partial charge >= 0.3 is 0 Å². The van der Waals surface area contributed by atoms with Gasteiger partial charge in [-0.3, -0.25) is 0 Å². The van der Waals surface area contributed by atoms with Gasteiger partial charge in [-0.2, -0.15) is 0 Å². The van der Waals surface area contributed by atoms with Crippen LogP contribution in [0, 0.1) is 5.92 Å². The van der Waals surface area contributed by atoms with Crippen LogP contribution in [-0.2, 0) is 6.42 Å². The van der Waals surface area contributed by atoms with E-state index in [1.54, 1.807) is 0 Å². The van der Waals surface area contributed by atoms with Crippen LogP contribution >= 0.6 is 0 Å². The number of piperidine rings is 3. The summed E-state index contributed by atoms with van der Waals surface area (Å²) < 4.78 is 0. The van der Waals surface area contributed by atoms with E-state index in [0.717, 1.165) is 18.8 Å². The Kier molecular flexibility index (Phi) is 4.04. The number of nitrogens with one attached hydrogen (secondary N) is 1. The Balaban J connectivity index is 1.63. The van der Waals surface area contributed by atoms with Crippen molar-refractivity contribution in [2.45, 2.75) is 31.7 Å². The SMILES string of the molecule is OCCCc1cccc(NC2CN3CCC2CC3)c1. The molecule has 0 spiro atoms. The minimum absolute atomic E-state index is 0.275. The van der Waals surface area contributed by atoms with Gasteiger partial charge in [-0.05, 0) is 62.4 Å². The average molecular weight is 260 g/mol. The molecular weight excluding hydrogens is 236 g/mol. The summed E-state index contributed by atoms with van der Waals surface area (Å²) in [5, 5.41) is 12.6. The van der Waals surface area contributed by atoms with Crippen molar-refractivity contribution in [2.24, 2.45) is 5.92 Å². The van der Waals surface area contributed by atoms with E-state index in [1.807, 2.05) is 0 Å². The molecule has 3 heterocycles. The van der Waals surface area contributed by atoms with E-state index < -0.39 is 0 Å². The van der Waals surface area contributed by atoms with Crippen LogP contribution in [0.3, 0.4) is 0 Å². The summed E-state index contributed by atoms with van der Waals surface area (Å²) in [6, 6.07) is 9.30. The molecule has 2 N–H and O–H groups in total. The topological polar surface area (TPSA) is 35.5 Å². The van der Waals surface area contributed by atoms with Gasteiger partial charge in [0.1, 0.15) is 0 Å². The normalized spacial score (nSPS) is 29.4. The second-order valence-electron chi connectivity index (χ2n) is 5.92. The predicted molar refractivity (Wildman–Crippen MR) is 78.4 cm³/mol. The molecule has 3 saturated heterocycles. The summed E-state index contributed by atoms with van der Waals surface area (Å²) in [6.45, 7) is 4.06. The van der Waals surface area contributed by atoms with Gasteiger partial charge in [0, 0.05) is 24.9 Å². The number of anilines is 1. The zero-order chi connectivity index (χ0) is 13.1. The number of hydrogen-bond donors (Lipinski definition) is 2. The molecule has 104 valence electrons. The van der Waals surface area contributed by atoms with E-state index in [1.165, 1.54) is 43.7 Å². The van der Waals surface area contributed by atoms with Crippen molar-refractivity contribution in [2.75, 3.05) is 31.6 Å². The maximum Gasteiger partial charge on any atom is 0.0434 e. The van der Waals surface area contributed by atoms with E-state index >= 15 is 0 Å². The fourth-order valence-electron chi connectivity index (χ4n) is 3.44. The fraction of sp³-hybridized carbons (Fsp3) is 0.625. The summed E-state index contributed by atoms with van der Waals surface area (Å²) >= 11 is 0. The molecule has 3 fully saturated rings. The largest absolute Gasteiger partial charge is 0.396 e. The standard InChI is InChI=1S/C16H24N2O/c19-10-2-4-13-3-1-5-15(11-13)17-16-12-18-8-6-14(16)7-9-18/h1,3,5,11,14,16-17,19H,2,4,6-10,12H2. The van der Waals surface area contributed by atoms with Gasteiger partial charge in [0.05, 0.1) is 0 Å². The molecule has 0 aromatic heterocycles. The molecule has 3 nitrogen and oxygen atoms in total. The Morgan fingerprint density at radius 3 is 2.79 bits per heavy atom. The van der Waals surface area contributed by atoms with E-state index in [0.29, 0.717) is 6.04 Å². The molecule has 0 saturated carbocycles. The number of aliphatic hydroxyl groups is 1. The molecule has 2 bridgehead atoms. The van der Waals surface area contributed by atoms with Crippen molar-refractivity contribution in [3.63, 3.8) is 0 Å². The molecule has 19 heavy (non-hydrogen) atoms. The van der Waals surface area contributed by atoms with Crippen molar-refractivity contribution in [3.05, 3.63) is 29.8 Å². The third kappa shape index (κ3) is 3.10. The van der Waals surface area contributed by atoms with Crippen LogP contribution in [0.5, 0.6) is 0 Å². The first-order valence-corrected chi connectivity index (χ1v) is 7.54. The molecular formula is C16H24N2O. The lowest BCUT2D eigenvalue weighted by atomic mass is 9.84. The molecule has 4 rings (SSSR count). The Morgan fingerprint density at radius 1 is 1.26 bits per heavy atom. The molecule has 3 aliphatic rings. The third-order valence-electron chi connectivity index (χ3n) is 4.56. The molecule has 1 atom stereocenters. The van der Waals surface area contributed by atoms with Crippen LogP contribution < -0.4 is 5.32 Å². The van der Waals surface area contributed by atoms with E-state index in [-0.39, 0.29) is 6.61 Å². The monoisotopic (exact) mass is 260 g/mol. The Hall–Kier alpha value is -1.06. The molecule has 3 aliphatic heterocycles. The number of rotatable bonds is 5. The highest BCUT2D eigenvalue weighted by Gasteiger charge is 2.33. The Labute approximate surface area is 115 Å². The first-order valence-electron chi connectivity index (χ1n) is 7.54. The molecule has 1 unspecified atom stereocenters. The van der Waals surface area contributed by atoms with Gasteiger partial charge in [-0.1, -0.05) is 12.1 Å². The molecule has 0 amide bonds. The number of nitrogens with zero attached hydrogens (tertiary/aromatic N) is 1. The minimum Gasteiger partial charge on any atom is -0.396 e. The molecule has 0 radical (unpaired) electrons. The van der Waals surface area contributed by atoms with Crippen LogP contribution in [0.1, 0.15) is 24.8 Å². The van der Waals surface area contributed by atoms with E-state index in [4.69, 9.17) is 5.11 Å². The number of fused-ring (bicyclic) bond motifs is 3. The van der Waals surface area contributed by atoms with Crippen molar-refractivity contribution in [3.8, 4) is 0 Å². The van der Waals surface area contributed by atoms with Crippen LogP contribution in [0.25, 0.3) is 0 Å². The maximum absolute atomic E-state index is 8.91. The molecule has 1 aromatic rings. The van der Waals surface area contributed by atoms with Gasteiger partial charge in [-0.15, -0.1) is 0 Å². The molecule has 3 heteroatoms. The summed E-state index contributed by atoms with van der Waals surface area (Å²) in [4.78, 5) is 2.58. The maximum atomic E-state index is 8.91. The van der Waals surface area contributed by atoms with Gasteiger partial charge in [0.25, 0.3) is 0 Å².